The van der Waals surface area contributed by atoms with Gasteiger partial charge in [0.2, 0.25) is 0 Å². The van der Waals surface area contributed by atoms with Crippen molar-refractivity contribution < 1.29 is 4.74 Å². The first kappa shape index (κ1) is 11.2. The van der Waals surface area contributed by atoms with E-state index < -0.39 is 0 Å². The van der Waals surface area contributed by atoms with Crippen molar-refractivity contribution in [3.8, 4) is 5.75 Å². The molecule has 1 saturated heterocycles. The highest BCUT2D eigenvalue weighted by Crippen LogP contribution is 2.34. The van der Waals surface area contributed by atoms with E-state index in [0.29, 0.717) is 18.0 Å². The van der Waals surface area contributed by atoms with Crippen LogP contribution in [0.15, 0.2) is 18.2 Å². The highest BCUT2D eigenvalue weighted by molar-refractivity contribution is 5.50. The summed E-state index contributed by atoms with van der Waals surface area (Å²) in [5.41, 5.74) is 14.2. The molecule has 88 valence electrons. The zero-order chi connectivity index (χ0) is 11.7. The predicted octanol–water partition coefficient (Wildman–Crippen LogP) is 1.25. The third kappa shape index (κ3) is 1.86. The van der Waals surface area contributed by atoms with Crippen LogP contribution in [0.4, 0.5) is 5.69 Å². The molecule has 2 unspecified atom stereocenters. The number of benzene rings is 1. The summed E-state index contributed by atoms with van der Waals surface area (Å²) in [6.07, 6.45) is 0. The van der Waals surface area contributed by atoms with Crippen LogP contribution in [-0.4, -0.2) is 19.2 Å². The van der Waals surface area contributed by atoms with Crippen molar-refractivity contribution in [2.24, 2.45) is 0 Å². The summed E-state index contributed by atoms with van der Waals surface area (Å²) < 4.78 is 5.40. The van der Waals surface area contributed by atoms with E-state index in [4.69, 9.17) is 10.5 Å². The molecule has 1 aromatic carbocycles. The van der Waals surface area contributed by atoms with E-state index in [1.165, 1.54) is 5.56 Å². The van der Waals surface area contributed by atoms with Gasteiger partial charge in [0, 0.05) is 35.3 Å². The van der Waals surface area contributed by atoms with Gasteiger partial charge in [0.1, 0.15) is 5.75 Å². The third-order valence-corrected chi connectivity index (χ3v) is 3.23. The van der Waals surface area contributed by atoms with Crippen molar-refractivity contribution >= 4 is 5.69 Å². The summed E-state index contributed by atoms with van der Waals surface area (Å²) in [7, 11) is 1.68. The van der Waals surface area contributed by atoms with E-state index >= 15 is 0 Å². The van der Waals surface area contributed by atoms with Crippen LogP contribution >= 0.6 is 0 Å². The Kier molecular flexibility index (Phi) is 3.03. The number of methoxy groups -OCH3 is 1. The minimum absolute atomic E-state index is 0.382. The van der Waals surface area contributed by atoms with Crippen LogP contribution in [0.1, 0.15) is 25.3 Å². The first-order valence-electron chi connectivity index (χ1n) is 5.58. The lowest BCUT2D eigenvalue weighted by Crippen LogP contribution is -2.30. The molecule has 1 heterocycles. The van der Waals surface area contributed by atoms with E-state index in [1.54, 1.807) is 7.11 Å². The Morgan fingerprint density at radius 3 is 2.38 bits per heavy atom. The maximum atomic E-state index is 5.76. The maximum Gasteiger partial charge on any atom is 0.124 e. The lowest BCUT2D eigenvalue weighted by molar-refractivity contribution is 0.401. The van der Waals surface area contributed by atoms with Gasteiger partial charge in [0.25, 0.3) is 0 Å². The lowest BCUT2D eigenvalue weighted by atomic mass is 9.88. The van der Waals surface area contributed by atoms with Crippen molar-refractivity contribution in [2.45, 2.75) is 31.8 Å². The van der Waals surface area contributed by atoms with Gasteiger partial charge in [-0.15, -0.1) is 0 Å². The number of hydrogen-bond donors (Lipinski definition) is 3. The number of hydrogen-bond acceptors (Lipinski definition) is 4. The van der Waals surface area contributed by atoms with Crippen LogP contribution in [0.3, 0.4) is 0 Å². The number of nitrogens with two attached hydrogens (primary N) is 1. The molecule has 0 spiro atoms. The average Bonchev–Trinajstić information content (AvgIpc) is 2.59. The van der Waals surface area contributed by atoms with E-state index in [1.807, 2.05) is 12.1 Å². The third-order valence-electron chi connectivity index (χ3n) is 3.23. The quantitative estimate of drug-likeness (QED) is 0.658. The van der Waals surface area contributed by atoms with Gasteiger partial charge >= 0.3 is 0 Å². The summed E-state index contributed by atoms with van der Waals surface area (Å²) in [5, 5.41) is 0. The molecule has 1 aromatic rings. The van der Waals surface area contributed by atoms with Gasteiger partial charge in [-0.3, -0.25) is 10.9 Å². The molecule has 0 aliphatic carbocycles. The minimum Gasteiger partial charge on any atom is -0.496 e. The molecule has 2 atom stereocenters. The van der Waals surface area contributed by atoms with Gasteiger partial charge in [0.05, 0.1) is 7.11 Å². The molecular weight excluding hydrogens is 202 g/mol. The second-order valence-electron chi connectivity index (χ2n) is 4.39. The molecule has 2 rings (SSSR count). The Morgan fingerprint density at radius 2 is 1.81 bits per heavy atom. The van der Waals surface area contributed by atoms with Crippen molar-refractivity contribution in [1.29, 1.82) is 0 Å². The van der Waals surface area contributed by atoms with Crippen molar-refractivity contribution in [1.82, 2.24) is 10.9 Å². The Morgan fingerprint density at radius 1 is 1.19 bits per heavy atom. The molecule has 0 bridgehead atoms. The summed E-state index contributed by atoms with van der Waals surface area (Å²) in [5.74, 6) is 1.27. The Bertz CT molecular complexity index is 371. The van der Waals surface area contributed by atoms with Crippen LogP contribution in [0.5, 0.6) is 5.75 Å². The van der Waals surface area contributed by atoms with Gasteiger partial charge in [-0.05, 0) is 19.9 Å². The van der Waals surface area contributed by atoms with Crippen molar-refractivity contribution in [3.05, 3.63) is 23.8 Å². The lowest BCUT2D eigenvalue weighted by Gasteiger charge is -2.21. The van der Waals surface area contributed by atoms with Crippen molar-refractivity contribution in [2.75, 3.05) is 12.8 Å². The fourth-order valence-corrected chi connectivity index (χ4v) is 2.42. The van der Waals surface area contributed by atoms with Crippen LogP contribution < -0.4 is 21.3 Å². The van der Waals surface area contributed by atoms with Gasteiger partial charge in [-0.2, -0.15) is 0 Å². The Balaban J connectivity index is 2.39. The van der Waals surface area contributed by atoms with Gasteiger partial charge < -0.3 is 10.5 Å². The zero-order valence-electron chi connectivity index (χ0n) is 9.95. The van der Waals surface area contributed by atoms with E-state index in [-0.39, 0.29) is 0 Å². The Hall–Kier alpha value is -1.26. The molecule has 16 heavy (non-hydrogen) atoms. The molecule has 0 radical (unpaired) electrons. The van der Waals surface area contributed by atoms with Crippen LogP contribution in [0.25, 0.3) is 0 Å². The highest BCUT2D eigenvalue weighted by atomic mass is 16.5. The molecule has 1 aliphatic heterocycles. The maximum absolute atomic E-state index is 5.76. The van der Waals surface area contributed by atoms with Gasteiger partial charge in [-0.1, -0.05) is 6.07 Å². The average molecular weight is 221 g/mol. The highest BCUT2D eigenvalue weighted by Gasteiger charge is 2.32. The fraction of sp³-hybridized carbons (Fsp3) is 0.500. The molecule has 4 nitrogen and oxygen atoms in total. The molecule has 4 heteroatoms. The number of nitrogens with one attached hydrogen (secondary N) is 2. The fourth-order valence-electron chi connectivity index (χ4n) is 2.42. The van der Waals surface area contributed by atoms with E-state index in [2.05, 4.69) is 30.8 Å². The smallest absolute Gasteiger partial charge is 0.124 e. The Labute approximate surface area is 96.1 Å². The second kappa shape index (κ2) is 4.31. The molecule has 1 fully saturated rings. The molecule has 1 aliphatic rings. The summed E-state index contributed by atoms with van der Waals surface area (Å²) in [6.45, 7) is 4.33. The summed E-state index contributed by atoms with van der Waals surface area (Å²) in [6, 6.07) is 6.63. The summed E-state index contributed by atoms with van der Waals surface area (Å²) >= 11 is 0. The standard InChI is InChI=1S/C12H19N3O/c1-7-12(8(2)15-14-7)10-5-4-9(13)6-11(10)16-3/h4-8,12,14-15H,13H2,1-3H3. The monoisotopic (exact) mass is 221 g/mol. The molecule has 0 amide bonds. The molecule has 0 aromatic heterocycles. The number of anilines is 1. The molecular formula is C12H19N3O. The first-order chi connectivity index (χ1) is 7.63. The normalized spacial score (nSPS) is 29.3. The van der Waals surface area contributed by atoms with E-state index in [9.17, 15) is 0 Å². The first-order valence-corrected chi connectivity index (χ1v) is 5.58. The van der Waals surface area contributed by atoms with Gasteiger partial charge in [-0.25, -0.2) is 0 Å². The number of nitrogen functional groups attached to an aromatic ring is 1. The van der Waals surface area contributed by atoms with Crippen molar-refractivity contribution in [3.63, 3.8) is 0 Å². The second-order valence-corrected chi connectivity index (χ2v) is 4.39. The number of rotatable bonds is 2. The van der Waals surface area contributed by atoms with Crippen LogP contribution in [0.2, 0.25) is 0 Å². The minimum atomic E-state index is 0.382. The van der Waals surface area contributed by atoms with E-state index in [0.717, 1.165) is 11.4 Å². The topological polar surface area (TPSA) is 59.3 Å². The zero-order valence-corrected chi connectivity index (χ0v) is 9.95. The number of hydrazine groups is 1. The molecule has 0 saturated carbocycles. The largest absolute Gasteiger partial charge is 0.496 e. The SMILES string of the molecule is COc1cc(N)ccc1C1C(C)NNC1C. The molecule has 4 N–H and O–H groups in total. The summed E-state index contributed by atoms with van der Waals surface area (Å²) in [4.78, 5) is 0. The number of ether oxygens (including phenoxy) is 1. The predicted molar refractivity (Wildman–Crippen MR) is 65.3 cm³/mol. The van der Waals surface area contributed by atoms with Crippen LogP contribution in [-0.2, 0) is 0 Å². The van der Waals surface area contributed by atoms with Crippen LogP contribution in [0, 0.1) is 0 Å². The van der Waals surface area contributed by atoms with Gasteiger partial charge in [0.15, 0.2) is 0 Å².